The van der Waals surface area contributed by atoms with Crippen LogP contribution in [-0.4, -0.2) is 36.9 Å². The largest absolute Gasteiger partial charge is 0.464 e. The predicted molar refractivity (Wildman–Crippen MR) is 105 cm³/mol. The molecule has 0 radical (unpaired) electrons. The fraction of sp³-hybridized carbons (Fsp3) is 0.100. The number of aromatic nitrogens is 4. The van der Waals surface area contributed by atoms with Crippen molar-refractivity contribution in [3.05, 3.63) is 65.4 Å². The van der Waals surface area contributed by atoms with Gasteiger partial charge in [-0.25, -0.2) is 18.7 Å². The standard InChI is InChI=1S/C20H16FN5O3/c1-10-11(2)24-25-17(10)19(27)23-15-7-13-8-16(12-3-5-14(21)6-4-12)26(20(28)29)18(13)22-9-15/h3-9H,1-2H3,(H,23,27)(H,24,25)(H,28,29). The highest BCUT2D eigenvalue weighted by atomic mass is 19.1. The maximum absolute atomic E-state index is 13.2. The van der Waals surface area contributed by atoms with Crippen molar-refractivity contribution in [3.63, 3.8) is 0 Å². The van der Waals surface area contributed by atoms with Crippen molar-refractivity contribution in [1.82, 2.24) is 19.7 Å². The molecular formula is C20H16FN5O3. The van der Waals surface area contributed by atoms with Crippen LogP contribution in [0.15, 0.2) is 42.6 Å². The number of nitrogens with one attached hydrogen (secondary N) is 2. The van der Waals surface area contributed by atoms with Crippen LogP contribution in [0.5, 0.6) is 0 Å². The minimum absolute atomic E-state index is 0.210. The number of fused-ring (bicyclic) bond motifs is 1. The number of pyridine rings is 1. The van der Waals surface area contributed by atoms with Gasteiger partial charge in [0, 0.05) is 16.6 Å². The Bertz CT molecular complexity index is 1260. The molecule has 29 heavy (non-hydrogen) atoms. The first kappa shape index (κ1) is 18.4. The number of rotatable bonds is 3. The van der Waals surface area contributed by atoms with Gasteiger partial charge in [0.15, 0.2) is 5.69 Å². The van der Waals surface area contributed by atoms with E-state index in [1.54, 1.807) is 19.1 Å². The fourth-order valence-electron chi connectivity index (χ4n) is 3.09. The van der Waals surface area contributed by atoms with Crippen LogP contribution in [0.3, 0.4) is 0 Å². The molecule has 146 valence electrons. The third kappa shape index (κ3) is 3.22. The molecule has 0 fully saturated rings. The zero-order valence-electron chi connectivity index (χ0n) is 15.5. The van der Waals surface area contributed by atoms with Crippen molar-refractivity contribution in [3.8, 4) is 11.3 Å². The minimum Gasteiger partial charge on any atom is -0.464 e. The second kappa shape index (κ2) is 6.86. The number of halogens is 1. The van der Waals surface area contributed by atoms with Crippen LogP contribution in [-0.2, 0) is 0 Å². The number of carboxylic acid groups (broad SMARTS) is 1. The van der Waals surface area contributed by atoms with E-state index in [0.717, 1.165) is 15.8 Å². The van der Waals surface area contributed by atoms with Gasteiger partial charge in [0.25, 0.3) is 5.91 Å². The molecule has 9 heteroatoms. The van der Waals surface area contributed by atoms with Crippen LogP contribution >= 0.6 is 0 Å². The maximum atomic E-state index is 13.2. The van der Waals surface area contributed by atoms with Gasteiger partial charge in [-0.3, -0.25) is 9.89 Å². The maximum Gasteiger partial charge on any atom is 0.417 e. The summed E-state index contributed by atoms with van der Waals surface area (Å²) in [5, 5.41) is 19.6. The Morgan fingerprint density at radius 3 is 2.52 bits per heavy atom. The van der Waals surface area contributed by atoms with Gasteiger partial charge in [-0.2, -0.15) is 5.10 Å². The monoisotopic (exact) mass is 393 g/mol. The minimum atomic E-state index is -1.22. The average Bonchev–Trinajstić information content (AvgIpc) is 3.22. The molecular weight excluding hydrogens is 377 g/mol. The first-order valence-electron chi connectivity index (χ1n) is 8.69. The molecule has 3 aromatic heterocycles. The number of hydrogen-bond donors (Lipinski definition) is 3. The van der Waals surface area contributed by atoms with Gasteiger partial charge >= 0.3 is 6.09 Å². The molecule has 0 atom stereocenters. The average molecular weight is 393 g/mol. The Hall–Kier alpha value is -4.01. The summed E-state index contributed by atoms with van der Waals surface area (Å²) in [5.74, 6) is -0.816. The molecule has 3 heterocycles. The molecule has 4 aromatic rings. The van der Waals surface area contributed by atoms with E-state index >= 15 is 0 Å². The number of hydrogen-bond acceptors (Lipinski definition) is 4. The fourth-order valence-corrected chi connectivity index (χ4v) is 3.09. The molecule has 0 bridgehead atoms. The Kier molecular flexibility index (Phi) is 4.34. The van der Waals surface area contributed by atoms with Gasteiger partial charge in [0.05, 0.1) is 17.6 Å². The summed E-state index contributed by atoms with van der Waals surface area (Å²) < 4.78 is 14.3. The Labute approximate surface area is 164 Å². The Morgan fingerprint density at radius 1 is 1.17 bits per heavy atom. The lowest BCUT2D eigenvalue weighted by molar-refractivity contribution is 0.102. The van der Waals surface area contributed by atoms with Crippen LogP contribution in [0.1, 0.15) is 21.7 Å². The molecule has 0 unspecified atom stereocenters. The molecule has 0 saturated carbocycles. The highest BCUT2D eigenvalue weighted by Crippen LogP contribution is 2.29. The van der Waals surface area contributed by atoms with E-state index in [2.05, 4.69) is 20.5 Å². The number of H-pyrrole nitrogens is 1. The summed E-state index contributed by atoms with van der Waals surface area (Å²) in [7, 11) is 0. The molecule has 1 aromatic carbocycles. The summed E-state index contributed by atoms with van der Waals surface area (Å²) in [6, 6.07) is 8.76. The second-order valence-electron chi connectivity index (χ2n) is 6.57. The van der Waals surface area contributed by atoms with Gasteiger partial charge in [-0.15, -0.1) is 0 Å². The normalized spacial score (nSPS) is 11.0. The van der Waals surface area contributed by atoms with Crippen molar-refractivity contribution < 1.29 is 19.1 Å². The van der Waals surface area contributed by atoms with Gasteiger partial charge in [0.1, 0.15) is 11.5 Å². The van der Waals surface area contributed by atoms with E-state index in [4.69, 9.17) is 0 Å². The quantitative estimate of drug-likeness (QED) is 0.488. The third-order valence-electron chi connectivity index (χ3n) is 4.70. The van der Waals surface area contributed by atoms with Crippen molar-refractivity contribution in [1.29, 1.82) is 0 Å². The third-order valence-corrected chi connectivity index (χ3v) is 4.70. The Balaban J connectivity index is 1.74. The first-order chi connectivity index (χ1) is 13.8. The number of carbonyl (C=O) groups excluding carboxylic acids is 1. The van der Waals surface area contributed by atoms with Crippen LogP contribution < -0.4 is 5.32 Å². The van der Waals surface area contributed by atoms with Gasteiger partial charge < -0.3 is 10.4 Å². The van der Waals surface area contributed by atoms with E-state index in [0.29, 0.717) is 22.3 Å². The van der Waals surface area contributed by atoms with Crippen molar-refractivity contribution in [2.45, 2.75) is 13.8 Å². The Morgan fingerprint density at radius 2 is 1.90 bits per heavy atom. The topological polar surface area (TPSA) is 113 Å². The van der Waals surface area contributed by atoms with Gasteiger partial charge in [-0.1, -0.05) is 0 Å². The van der Waals surface area contributed by atoms with Crippen LogP contribution in [0, 0.1) is 19.7 Å². The molecule has 1 amide bonds. The summed E-state index contributed by atoms with van der Waals surface area (Å²) in [4.78, 5) is 28.5. The predicted octanol–water partition coefficient (Wildman–Crippen LogP) is 3.96. The smallest absolute Gasteiger partial charge is 0.417 e. The summed E-state index contributed by atoms with van der Waals surface area (Å²) in [5.41, 5.74) is 3.30. The lowest BCUT2D eigenvalue weighted by Crippen LogP contribution is -2.14. The van der Waals surface area contributed by atoms with Gasteiger partial charge in [-0.05, 0) is 55.8 Å². The van der Waals surface area contributed by atoms with Crippen molar-refractivity contribution in [2.24, 2.45) is 0 Å². The SMILES string of the molecule is Cc1[nH]nc(C(=O)Nc2cnc3c(c2)cc(-c2ccc(F)cc2)n3C(=O)O)c1C. The number of anilines is 1. The van der Waals surface area contributed by atoms with E-state index in [9.17, 15) is 19.1 Å². The summed E-state index contributed by atoms with van der Waals surface area (Å²) >= 11 is 0. The molecule has 3 N–H and O–H groups in total. The zero-order chi connectivity index (χ0) is 20.7. The number of aromatic amines is 1. The summed E-state index contributed by atoms with van der Waals surface area (Å²) in [6.45, 7) is 3.61. The molecule has 0 aliphatic carbocycles. The first-order valence-corrected chi connectivity index (χ1v) is 8.69. The van der Waals surface area contributed by atoms with Crippen molar-refractivity contribution >= 4 is 28.7 Å². The summed E-state index contributed by atoms with van der Waals surface area (Å²) in [6.07, 6.45) is 0.161. The second-order valence-corrected chi connectivity index (χ2v) is 6.57. The zero-order valence-corrected chi connectivity index (χ0v) is 15.5. The lowest BCUT2D eigenvalue weighted by Gasteiger charge is -2.06. The number of nitrogens with zero attached hydrogens (tertiary/aromatic N) is 3. The molecule has 0 aliphatic heterocycles. The van der Waals surface area contributed by atoms with E-state index in [-0.39, 0.29) is 11.3 Å². The van der Waals surface area contributed by atoms with Crippen LogP contribution in [0.2, 0.25) is 0 Å². The molecule has 0 aliphatic rings. The van der Waals surface area contributed by atoms with E-state index < -0.39 is 17.8 Å². The van der Waals surface area contributed by atoms with Crippen LogP contribution in [0.25, 0.3) is 22.3 Å². The number of carbonyl (C=O) groups is 2. The molecule has 0 spiro atoms. The number of benzene rings is 1. The number of aryl methyl sites for hydroxylation is 1. The van der Waals surface area contributed by atoms with Gasteiger partial charge in [0.2, 0.25) is 0 Å². The molecule has 0 saturated heterocycles. The van der Waals surface area contributed by atoms with Crippen molar-refractivity contribution in [2.75, 3.05) is 5.32 Å². The number of amides is 1. The lowest BCUT2D eigenvalue weighted by atomic mass is 10.1. The van der Waals surface area contributed by atoms with E-state index in [1.807, 2.05) is 6.92 Å². The van der Waals surface area contributed by atoms with Crippen LogP contribution in [0.4, 0.5) is 14.9 Å². The highest BCUT2D eigenvalue weighted by Gasteiger charge is 2.19. The van der Waals surface area contributed by atoms with E-state index in [1.165, 1.54) is 30.5 Å². The highest BCUT2D eigenvalue weighted by molar-refractivity contribution is 6.05. The molecule has 4 rings (SSSR count). The molecule has 8 nitrogen and oxygen atoms in total.